The van der Waals surface area contributed by atoms with Crippen molar-refractivity contribution in [2.45, 2.75) is 58.4 Å². The average Bonchev–Trinajstić information content (AvgIpc) is 2.50. The summed E-state index contributed by atoms with van der Waals surface area (Å²) in [5.41, 5.74) is 0.617. The van der Waals surface area contributed by atoms with Gasteiger partial charge in [0.2, 0.25) is 0 Å². The quantitative estimate of drug-likeness (QED) is 0.438. The molecule has 1 amide bonds. The van der Waals surface area contributed by atoms with E-state index in [1.54, 1.807) is 14.0 Å². The van der Waals surface area contributed by atoms with Crippen LogP contribution < -0.4 is 0 Å². The molecule has 0 radical (unpaired) electrons. The maximum absolute atomic E-state index is 12.5. The molecule has 0 saturated heterocycles. The van der Waals surface area contributed by atoms with Gasteiger partial charge in [-0.25, -0.2) is 5.01 Å². The molecule has 0 aromatic rings. The van der Waals surface area contributed by atoms with E-state index in [4.69, 9.17) is 4.84 Å². The standard InChI is InChI=1S/C14H24BrN3O2/c1-9(17-20-13(5,6)7)14(15)10(12(2,3)4)16-18(8)11(14)19/h1-8H3/b17-9-. The Morgan fingerprint density at radius 3 is 2.20 bits per heavy atom. The highest BCUT2D eigenvalue weighted by molar-refractivity contribution is 9.11. The third-order valence-corrected chi connectivity index (χ3v) is 4.12. The molecule has 1 atom stereocenters. The molecule has 0 bridgehead atoms. The fourth-order valence-electron chi connectivity index (χ4n) is 1.85. The van der Waals surface area contributed by atoms with Gasteiger partial charge in [-0.15, -0.1) is 0 Å². The van der Waals surface area contributed by atoms with E-state index in [9.17, 15) is 4.79 Å². The lowest BCUT2D eigenvalue weighted by Gasteiger charge is -2.29. The smallest absolute Gasteiger partial charge is 0.271 e. The number of halogens is 1. The third-order valence-electron chi connectivity index (χ3n) is 2.83. The molecule has 20 heavy (non-hydrogen) atoms. The lowest BCUT2D eigenvalue weighted by Crippen LogP contribution is -2.50. The van der Waals surface area contributed by atoms with Crippen molar-refractivity contribution >= 4 is 33.3 Å². The van der Waals surface area contributed by atoms with E-state index in [-0.39, 0.29) is 11.3 Å². The molecule has 0 aromatic heterocycles. The second-order valence-electron chi connectivity index (χ2n) is 7.07. The zero-order valence-electron chi connectivity index (χ0n) is 13.5. The SMILES string of the molecule is C/C(=N/OC(C)(C)C)C1(Br)C(=O)N(C)N=C1C(C)(C)C. The number of carbonyl (C=O) groups excluding carboxylic acids is 1. The Morgan fingerprint density at radius 2 is 1.80 bits per heavy atom. The highest BCUT2D eigenvalue weighted by atomic mass is 79.9. The first-order valence-corrected chi connectivity index (χ1v) is 7.39. The highest BCUT2D eigenvalue weighted by Gasteiger charge is 2.54. The number of hydrogen-bond donors (Lipinski definition) is 0. The summed E-state index contributed by atoms with van der Waals surface area (Å²) in [5.74, 6) is -0.152. The third kappa shape index (κ3) is 3.22. The minimum atomic E-state index is -1.02. The van der Waals surface area contributed by atoms with Crippen LogP contribution in [0.3, 0.4) is 0 Å². The Balaban J connectivity index is 3.24. The van der Waals surface area contributed by atoms with Crippen LogP contribution in [-0.4, -0.2) is 39.3 Å². The molecule has 0 aliphatic carbocycles. The van der Waals surface area contributed by atoms with Crippen molar-refractivity contribution < 1.29 is 9.63 Å². The molecular formula is C14H24BrN3O2. The van der Waals surface area contributed by atoms with Crippen molar-refractivity contribution in [1.29, 1.82) is 0 Å². The molecule has 1 unspecified atom stereocenters. The van der Waals surface area contributed by atoms with Gasteiger partial charge in [-0.2, -0.15) is 5.10 Å². The van der Waals surface area contributed by atoms with E-state index in [0.29, 0.717) is 5.71 Å². The van der Waals surface area contributed by atoms with Crippen LogP contribution in [0.15, 0.2) is 10.3 Å². The predicted octanol–water partition coefficient (Wildman–Crippen LogP) is 3.19. The predicted molar refractivity (Wildman–Crippen MR) is 85.3 cm³/mol. The molecule has 0 saturated carbocycles. The largest absolute Gasteiger partial charge is 0.390 e. The fourth-order valence-corrected chi connectivity index (χ4v) is 2.85. The van der Waals surface area contributed by atoms with E-state index in [1.165, 1.54) is 5.01 Å². The van der Waals surface area contributed by atoms with Crippen LogP contribution in [0, 0.1) is 5.41 Å². The van der Waals surface area contributed by atoms with Gasteiger partial charge in [0.1, 0.15) is 5.60 Å². The number of alkyl halides is 1. The molecule has 1 heterocycles. The number of amides is 1. The van der Waals surface area contributed by atoms with E-state index >= 15 is 0 Å². The second-order valence-corrected chi connectivity index (χ2v) is 8.26. The summed E-state index contributed by atoms with van der Waals surface area (Å²) in [6, 6.07) is 0. The maximum Gasteiger partial charge on any atom is 0.271 e. The number of hydrazone groups is 1. The van der Waals surface area contributed by atoms with Crippen LogP contribution in [0.25, 0.3) is 0 Å². The number of rotatable bonds is 2. The molecule has 6 heteroatoms. The molecule has 0 aromatic carbocycles. The molecule has 1 rings (SSSR count). The van der Waals surface area contributed by atoms with Crippen molar-refractivity contribution in [3.63, 3.8) is 0 Å². The van der Waals surface area contributed by atoms with Crippen LogP contribution >= 0.6 is 15.9 Å². The van der Waals surface area contributed by atoms with Gasteiger partial charge in [-0.1, -0.05) is 41.9 Å². The number of nitrogens with zero attached hydrogens (tertiary/aromatic N) is 3. The van der Waals surface area contributed by atoms with Gasteiger partial charge >= 0.3 is 0 Å². The molecule has 0 spiro atoms. The van der Waals surface area contributed by atoms with Crippen molar-refractivity contribution in [1.82, 2.24) is 5.01 Å². The second kappa shape index (κ2) is 5.13. The summed E-state index contributed by atoms with van der Waals surface area (Å²) in [5, 5.41) is 9.87. The van der Waals surface area contributed by atoms with E-state index in [0.717, 1.165) is 5.71 Å². The molecule has 0 fully saturated rings. The monoisotopic (exact) mass is 345 g/mol. The molecular weight excluding hydrogens is 322 g/mol. The first-order valence-electron chi connectivity index (χ1n) is 6.60. The van der Waals surface area contributed by atoms with Crippen molar-refractivity contribution in [3.8, 4) is 0 Å². The summed E-state index contributed by atoms with van der Waals surface area (Å²) in [4.78, 5) is 17.9. The zero-order valence-corrected chi connectivity index (χ0v) is 15.1. The summed E-state index contributed by atoms with van der Waals surface area (Å²) in [7, 11) is 1.65. The molecule has 0 N–H and O–H groups in total. The lowest BCUT2D eigenvalue weighted by atomic mass is 9.80. The van der Waals surface area contributed by atoms with E-state index < -0.39 is 9.93 Å². The number of oxime groups is 1. The van der Waals surface area contributed by atoms with Crippen LogP contribution in [-0.2, 0) is 9.63 Å². The van der Waals surface area contributed by atoms with Gasteiger partial charge in [0.25, 0.3) is 5.91 Å². The van der Waals surface area contributed by atoms with Gasteiger partial charge in [0.05, 0.1) is 11.4 Å². The summed E-state index contributed by atoms with van der Waals surface area (Å²) < 4.78 is -1.02. The number of carbonyl (C=O) groups is 1. The topological polar surface area (TPSA) is 54.3 Å². The van der Waals surface area contributed by atoms with Crippen molar-refractivity contribution in [2.75, 3.05) is 7.05 Å². The van der Waals surface area contributed by atoms with E-state index in [2.05, 4.69) is 26.2 Å². The molecule has 1 aliphatic heterocycles. The van der Waals surface area contributed by atoms with Crippen molar-refractivity contribution in [3.05, 3.63) is 0 Å². The first kappa shape index (κ1) is 17.1. The zero-order chi connectivity index (χ0) is 15.9. The van der Waals surface area contributed by atoms with Gasteiger partial charge in [0.15, 0.2) is 4.32 Å². The first-order chi connectivity index (χ1) is 8.80. The minimum absolute atomic E-state index is 0.152. The van der Waals surface area contributed by atoms with Crippen LogP contribution in [0.1, 0.15) is 48.5 Å². The van der Waals surface area contributed by atoms with Gasteiger partial charge in [0, 0.05) is 12.5 Å². The normalized spacial score (nSPS) is 25.1. The van der Waals surface area contributed by atoms with Crippen LogP contribution in [0.2, 0.25) is 0 Å². The van der Waals surface area contributed by atoms with Gasteiger partial charge in [-0.05, 0) is 27.7 Å². The Labute approximate surface area is 129 Å². The molecule has 1 aliphatic rings. The Hall–Kier alpha value is -0.910. The minimum Gasteiger partial charge on any atom is -0.390 e. The summed E-state index contributed by atoms with van der Waals surface area (Å²) >= 11 is 3.55. The fraction of sp³-hybridized carbons (Fsp3) is 0.786. The van der Waals surface area contributed by atoms with Crippen LogP contribution in [0.5, 0.6) is 0 Å². The summed E-state index contributed by atoms with van der Waals surface area (Å²) in [6.45, 7) is 13.6. The Morgan fingerprint density at radius 1 is 1.30 bits per heavy atom. The van der Waals surface area contributed by atoms with Gasteiger partial charge in [-0.3, -0.25) is 4.79 Å². The average molecular weight is 346 g/mol. The maximum atomic E-state index is 12.5. The Bertz CT molecular complexity index is 472. The number of hydrogen-bond acceptors (Lipinski definition) is 4. The Kier molecular flexibility index (Phi) is 4.40. The molecule has 114 valence electrons. The highest BCUT2D eigenvalue weighted by Crippen LogP contribution is 2.38. The van der Waals surface area contributed by atoms with E-state index in [1.807, 2.05) is 41.5 Å². The summed E-state index contributed by atoms with van der Waals surface area (Å²) in [6.07, 6.45) is 0. The molecule has 5 nitrogen and oxygen atoms in total. The van der Waals surface area contributed by atoms with Crippen molar-refractivity contribution in [2.24, 2.45) is 15.7 Å². The van der Waals surface area contributed by atoms with Gasteiger partial charge < -0.3 is 4.84 Å². The van der Waals surface area contributed by atoms with Crippen LogP contribution in [0.4, 0.5) is 0 Å². The lowest BCUT2D eigenvalue weighted by molar-refractivity contribution is -0.128.